The van der Waals surface area contributed by atoms with Crippen molar-refractivity contribution >= 4 is 17.9 Å². The zero-order valence-corrected chi connectivity index (χ0v) is 23.5. The lowest BCUT2D eigenvalue weighted by Crippen LogP contribution is -2.38. The average molecular weight is 565 g/mol. The molecule has 12 nitrogen and oxygen atoms in total. The molecule has 0 atom stereocenters. The number of rotatable bonds is 9. The Kier molecular flexibility index (Phi) is 9.10. The lowest BCUT2D eigenvalue weighted by atomic mass is 9.93. The van der Waals surface area contributed by atoms with Gasteiger partial charge in [0, 0.05) is 37.0 Å². The highest BCUT2D eigenvalue weighted by Gasteiger charge is 2.26. The van der Waals surface area contributed by atoms with Crippen molar-refractivity contribution < 1.29 is 29.3 Å². The van der Waals surface area contributed by atoms with Gasteiger partial charge in [-0.15, -0.1) is 10.2 Å². The minimum Gasteiger partial charge on any atom is -0.508 e. The van der Waals surface area contributed by atoms with Crippen molar-refractivity contribution in [3.05, 3.63) is 53.3 Å². The van der Waals surface area contributed by atoms with E-state index in [-0.39, 0.29) is 41.6 Å². The van der Waals surface area contributed by atoms with Crippen LogP contribution in [0.4, 0.5) is 4.79 Å². The van der Waals surface area contributed by atoms with Crippen molar-refractivity contribution in [2.75, 3.05) is 26.2 Å². The van der Waals surface area contributed by atoms with Gasteiger partial charge in [-0.1, -0.05) is 13.8 Å². The number of likely N-dealkylation sites (tertiary alicyclic amines) is 1. The summed E-state index contributed by atoms with van der Waals surface area (Å²) in [5, 5.41) is 32.1. The number of phenolic OH excluding ortho intramolecular Hbond substituents is 2. The van der Waals surface area contributed by atoms with E-state index in [1.165, 1.54) is 10.6 Å². The van der Waals surface area contributed by atoms with Crippen molar-refractivity contribution in [1.29, 1.82) is 0 Å². The molecule has 1 aromatic heterocycles. The third-order valence-electron chi connectivity index (χ3n) is 7.26. The fourth-order valence-corrected chi connectivity index (χ4v) is 5.01. The number of hydrogen-bond donors (Lipinski definition) is 4. The van der Waals surface area contributed by atoms with Crippen LogP contribution in [0.3, 0.4) is 0 Å². The summed E-state index contributed by atoms with van der Waals surface area (Å²) in [6, 6.07) is 9.68. The Balaban J connectivity index is 1.60. The topological polar surface area (TPSA) is 173 Å². The van der Waals surface area contributed by atoms with Gasteiger partial charge in [-0.2, -0.15) is 0 Å². The minimum absolute atomic E-state index is 0.0156. The number of phenols is 2. The number of amides is 3. The fourth-order valence-electron chi connectivity index (χ4n) is 5.01. The number of nitrogens with two attached hydrogens (primary N) is 1. The Bertz CT molecular complexity index is 1410. The molecular formula is C29H36N6O6. The highest BCUT2D eigenvalue weighted by atomic mass is 16.5. The van der Waals surface area contributed by atoms with Gasteiger partial charge in [-0.3, -0.25) is 14.2 Å². The molecule has 3 amide bonds. The van der Waals surface area contributed by atoms with Gasteiger partial charge < -0.3 is 30.9 Å². The molecule has 0 aliphatic carbocycles. The van der Waals surface area contributed by atoms with Gasteiger partial charge in [0.2, 0.25) is 5.82 Å². The van der Waals surface area contributed by atoms with Crippen molar-refractivity contribution in [2.24, 2.45) is 11.7 Å². The lowest BCUT2D eigenvalue weighted by Gasteiger charge is -2.32. The molecule has 1 aliphatic heterocycles. The molecule has 2 heterocycles. The van der Waals surface area contributed by atoms with Crippen molar-refractivity contribution in [3.63, 3.8) is 0 Å². The second-order valence-corrected chi connectivity index (χ2v) is 10.4. The van der Waals surface area contributed by atoms with Gasteiger partial charge in [-0.05, 0) is 73.9 Å². The number of ether oxygens (including phenoxy) is 1. The Morgan fingerprint density at radius 3 is 2.37 bits per heavy atom. The first-order valence-corrected chi connectivity index (χ1v) is 13.7. The Morgan fingerprint density at radius 2 is 1.76 bits per heavy atom. The molecular weight excluding hydrogens is 528 g/mol. The number of nitrogens with zero attached hydrogens (tertiary/aromatic N) is 4. The molecule has 0 spiro atoms. The molecule has 0 unspecified atom stereocenters. The van der Waals surface area contributed by atoms with Gasteiger partial charge in [0.05, 0.1) is 12.2 Å². The molecule has 0 bridgehead atoms. The average Bonchev–Trinajstić information content (AvgIpc) is 3.38. The number of aromatic hydroxyl groups is 2. The summed E-state index contributed by atoms with van der Waals surface area (Å²) in [7, 11) is 0. The largest absolute Gasteiger partial charge is 0.508 e. The maximum atomic E-state index is 13.2. The predicted molar refractivity (Wildman–Crippen MR) is 151 cm³/mol. The fraction of sp³-hybridized carbons (Fsp3) is 0.414. The third kappa shape index (κ3) is 6.59. The van der Waals surface area contributed by atoms with E-state index in [9.17, 15) is 24.6 Å². The summed E-state index contributed by atoms with van der Waals surface area (Å²) in [5.41, 5.74) is 6.95. The van der Waals surface area contributed by atoms with Crippen LogP contribution in [0.5, 0.6) is 11.5 Å². The summed E-state index contributed by atoms with van der Waals surface area (Å²) in [5.74, 6) is -0.247. The van der Waals surface area contributed by atoms with Gasteiger partial charge in [-0.25, -0.2) is 4.79 Å². The zero-order chi connectivity index (χ0) is 29.7. The highest BCUT2D eigenvalue weighted by molar-refractivity contribution is 5.95. The highest BCUT2D eigenvalue weighted by Crippen LogP contribution is 2.38. The van der Waals surface area contributed by atoms with Crippen LogP contribution < -0.4 is 11.1 Å². The van der Waals surface area contributed by atoms with Gasteiger partial charge >= 0.3 is 6.09 Å². The molecule has 218 valence electrons. The number of carbonyl (C=O) groups excluding carboxylic acids is 3. The lowest BCUT2D eigenvalue weighted by molar-refractivity contribution is 0.0674. The Morgan fingerprint density at radius 1 is 1.07 bits per heavy atom. The van der Waals surface area contributed by atoms with E-state index >= 15 is 0 Å². The first kappa shape index (κ1) is 29.4. The number of nitrogens with one attached hydrogen (secondary N) is 1. The molecule has 4 rings (SSSR count). The van der Waals surface area contributed by atoms with E-state index in [4.69, 9.17) is 10.5 Å². The second-order valence-electron chi connectivity index (χ2n) is 10.4. The van der Waals surface area contributed by atoms with E-state index in [1.54, 1.807) is 42.2 Å². The van der Waals surface area contributed by atoms with Gasteiger partial charge in [0.25, 0.3) is 11.8 Å². The van der Waals surface area contributed by atoms with E-state index in [0.717, 1.165) is 12.8 Å². The SMILES string of the molecule is CCNC(=O)c1nnc(-c2cc(C(C)C)c(O)cc2O)n1-c1ccc(C(=O)N2CCC(CCOC(N)=O)CC2)cc1. The summed E-state index contributed by atoms with van der Waals surface area (Å²) < 4.78 is 6.35. The summed E-state index contributed by atoms with van der Waals surface area (Å²) >= 11 is 0. The van der Waals surface area contributed by atoms with Crippen LogP contribution in [-0.4, -0.2) is 74.0 Å². The number of carbonyl (C=O) groups is 3. The molecule has 1 aliphatic rings. The number of hydrogen-bond acceptors (Lipinski definition) is 8. The monoisotopic (exact) mass is 564 g/mol. The molecule has 0 saturated carbocycles. The van der Waals surface area contributed by atoms with Crippen LogP contribution in [0, 0.1) is 5.92 Å². The minimum atomic E-state index is -0.780. The van der Waals surface area contributed by atoms with E-state index in [0.29, 0.717) is 54.4 Å². The van der Waals surface area contributed by atoms with Gasteiger partial charge in [0.1, 0.15) is 11.5 Å². The number of piperidine rings is 1. The Labute approximate surface area is 238 Å². The van der Waals surface area contributed by atoms with Crippen molar-refractivity contribution in [1.82, 2.24) is 25.0 Å². The normalized spacial score (nSPS) is 13.8. The first-order chi connectivity index (χ1) is 19.6. The quantitative estimate of drug-likeness (QED) is 0.305. The summed E-state index contributed by atoms with van der Waals surface area (Å²) in [6.45, 7) is 7.46. The standard InChI is InChI=1S/C29H36N6O6/c1-4-31-27(38)26-33-32-25(22-15-21(17(2)3)23(36)16-24(22)37)35(26)20-7-5-19(6-8-20)28(39)34-12-9-18(10-13-34)11-14-41-29(30)40/h5-8,15-18,36-37H,4,9-14H2,1-3H3,(H2,30,40)(H,31,38). The van der Waals surface area contributed by atoms with E-state index in [1.807, 2.05) is 13.8 Å². The Hall–Kier alpha value is -4.61. The van der Waals surface area contributed by atoms with E-state index in [2.05, 4.69) is 15.5 Å². The van der Waals surface area contributed by atoms with Crippen LogP contribution in [0.1, 0.15) is 72.5 Å². The first-order valence-electron chi connectivity index (χ1n) is 13.7. The van der Waals surface area contributed by atoms with Gasteiger partial charge in [0.15, 0.2) is 5.82 Å². The second kappa shape index (κ2) is 12.7. The van der Waals surface area contributed by atoms with Crippen LogP contribution in [0.15, 0.2) is 36.4 Å². The summed E-state index contributed by atoms with van der Waals surface area (Å²) in [4.78, 5) is 38.7. The maximum Gasteiger partial charge on any atom is 0.404 e. The summed E-state index contributed by atoms with van der Waals surface area (Å²) in [6.07, 6.45) is 1.54. The molecule has 12 heteroatoms. The van der Waals surface area contributed by atoms with Crippen LogP contribution >= 0.6 is 0 Å². The maximum absolute atomic E-state index is 13.2. The van der Waals surface area contributed by atoms with Crippen LogP contribution in [0.2, 0.25) is 0 Å². The number of benzene rings is 2. The van der Waals surface area contributed by atoms with Crippen LogP contribution in [0.25, 0.3) is 17.1 Å². The molecule has 1 saturated heterocycles. The third-order valence-corrected chi connectivity index (χ3v) is 7.26. The molecule has 2 aromatic carbocycles. The molecule has 1 fully saturated rings. The zero-order valence-electron chi connectivity index (χ0n) is 23.5. The van der Waals surface area contributed by atoms with Crippen molar-refractivity contribution in [3.8, 4) is 28.6 Å². The predicted octanol–water partition coefficient (Wildman–Crippen LogP) is 3.56. The number of primary amides is 1. The number of aromatic nitrogens is 3. The molecule has 3 aromatic rings. The molecule has 41 heavy (non-hydrogen) atoms. The smallest absolute Gasteiger partial charge is 0.404 e. The molecule has 0 radical (unpaired) electrons. The van der Waals surface area contributed by atoms with Crippen molar-refractivity contribution in [2.45, 2.75) is 46.0 Å². The van der Waals surface area contributed by atoms with Crippen LogP contribution in [-0.2, 0) is 4.74 Å². The van der Waals surface area contributed by atoms with E-state index < -0.39 is 12.0 Å². The molecule has 5 N–H and O–H groups in total.